The van der Waals surface area contributed by atoms with Crippen LogP contribution in [0.2, 0.25) is 0 Å². The van der Waals surface area contributed by atoms with Gasteiger partial charge in [-0.15, -0.1) is 0 Å². The maximum absolute atomic E-state index is 14.2. The summed E-state index contributed by atoms with van der Waals surface area (Å²) in [5.41, 5.74) is 6.89. The Hall–Kier alpha value is -6.87. The van der Waals surface area contributed by atoms with E-state index in [-0.39, 0.29) is 142 Å². The number of ether oxygens (including phenoxy) is 2. The minimum absolute atomic E-state index is 0.0272. The highest BCUT2D eigenvalue weighted by Crippen LogP contribution is 2.38. The second kappa shape index (κ2) is 34.5. The molecule has 8 amide bonds. The lowest BCUT2D eigenvalue weighted by Crippen LogP contribution is -2.54. The van der Waals surface area contributed by atoms with Crippen LogP contribution in [0, 0.1) is 29.1 Å². The average Bonchev–Trinajstić information content (AvgIpc) is 1.84. The first-order valence-electron chi connectivity index (χ1n) is 33.1. The van der Waals surface area contributed by atoms with Crippen molar-refractivity contribution in [2.45, 2.75) is 186 Å². The maximum Gasteiger partial charge on any atom is 0.243 e. The van der Waals surface area contributed by atoms with E-state index in [9.17, 15) is 43.2 Å². The van der Waals surface area contributed by atoms with Gasteiger partial charge < -0.3 is 52.0 Å². The zero-order valence-electron chi connectivity index (χ0n) is 54.0. The lowest BCUT2D eigenvalue weighted by atomic mass is 9.81. The Balaban J connectivity index is 0.775. The predicted molar refractivity (Wildman–Crippen MR) is 345 cm³/mol. The van der Waals surface area contributed by atoms with Crippen molar-refractivity contribution in [3.05, 3.63) is 102 Å². The summed E-state index contributed by atoms with van der Waals surface area (Å²) in [5, 5.41) is 18.2. The molecule has 8 N–H and O–H groups in total. The van der Waals surface area contributed by atoms with Crippen LogP contribution in [0.1, 0.15) is 160 Å². The van der Waals surface area contributed by atoms with Crippen LogP contribution >= 0.6 is 0 Å². The van der Waals surface area contributed by atoms with Gasteiger partial charge in [0.2, 0.25) is 47.3 Å². The molecule has 4 unspecified atom stereocenters. The number of imide groups is 1. The van der Waals surface area contributed by atoms with Gasteiger partial charge in [0, 0.05) is 76.0 Å². The van der Waals surface area contributed by atoms with Gasteiger partial charge in [0.25, 0.3) is 0 Å². The molecule has 20 nitrogen and oxygen atoms in total. The van der Waals surface area contributed by atoms with E-state index in [0.29, 0.717) is 64.8 Å². The molecule has 0 radical (unpaired) electrons. The number of ketones is 1. The van der Waals surface area contributed by atoms with Gasteiger partial charge in [-0.2, -0.15) is 0 Å². The van der Waals surface area contributed by atoms with Crippen LogP contribution in [-0.4, -0.2) is 151 Å². The number of fused-ring (bicyclic) bond motifs is 2. The Morgan fingerprint density at radius 1 is 0.744 bits per heavy atom. The van der Waals surface area contributed by atoms with E-state index in [1.54, 1.807) is 6.92 Å². The highest BCUT2D eigenvalue weighted by Gasteiger charge is 2.48. The molecule has 0 aromatic heterocycles. The van der Waals surface area contributed by atoms with Gasteiger partial charge in [0.15, 0.2) is 5.78 Å². The van der Waals surface area contributed by atoms with Crippen LogP contribution in [-0.2, 0) is 65.6 Å². The second-order valence-corrected chi connectivity index (χ2v) is 26.8. The molecule has 3 aliphatic carbocycles. The molecule has 2 saturated carbocycles. The minimum atomic E-state index is -0.993. The summed E-state index contributed by atoms with van der Waals surface area (Å²) in [6.07, 6.45) is 21.8. The molecule has 1 saturated heterocycles. The standard InChI is InChI=1S/C70H101N9O11/c1-49-42-62(83)79(67(49)88)46-51-26-28-54(29-27-51)64(85)72-37-15-16-39-75-70(34-35-70)59(80)25-17-38-73-65(86)56(23-13-14-36-71)77-66(87)57(43-50-18-7-6-8-19-50)76-61(82)44-68(2,3)48-89-40-41-90-69(4,5)33-32-60(81)74-45-63(84)78-47-55-22-10-9-20-52(55)30-31-53-21-11-12-24-58(53)78/h6-12,18-22,24,30-31,49,51,53-54,56-58,75H,13-17,23,25-29,32-48,71H2,1-5H3,(H,72,85)(H,73,86)(H,74,81)(H,76,82)(H,77,87)/b31-30-/t49?,51?,53?,54?,56-,57?,58?/m0/s1. The van der Waals surface area contributed by atoms with Gasteiger partial charge in [0.1, 0.15) is 12.1 Å². The lowest BCUT2D eigenvalue weighted by molar-refractivity contribution is -0.140. The van der Waals surface area contributed by atoms with Crippen molar-refractivity contribution in [3.8, 4) is 0 Å². The van der Waals surface area contributed by atoms with E-state index in [4.69, 9.17) is 15.2 Å². The fourth-order valence-corrected chi connectivity index (χ4v) is 12.4. The molecular weight excluding hydrogens is 1140 g/mol. The second-order valence-electron chi connectivity index (χ2n) is 26.8. The molecule has 2 heterocycles. The number of likely N-dealkylation sites (tertiary alicyclic amines) is 1. The molecule has 3 fully saturated rings. The lowest BCUT2D eigenvalue weighted by Gasteiger charge is -2.36. The molecule has 492 valence electrons. The summed E-state index contributed by atoms with van der Waals surface area (Å²) < 4.78 is 12.2. The zero-order chi connectivity index (χ0) is 64.7. The van der Waals surface area contributed by atoms with E-state index >= 15 is 0 Å². The number of unbranched alkanes of at least 4 members (excludes halogenated alkanes) is 2. The number of allylic oxidation sites excluding steroid dienone is 2. The van der Waals surface area contributed by atoms with Crippen LogP contribution in [0.25, 0.3) is 6.08 Å². The average molecular weight is 1240 g/mol. The van der Waals surface area contributed by atoms with Crippen LogP contribution in [0.4, 0.5) is 0 Å². The fraction of sp³-hybridized carbons (Fsp3) is 0.614. The summed E-state index contributed by atoms with van der Waals surface area (Å²) in [6, 6.07) is 15.3. The first-order valence-corrected chi connectivity index (χ1v) is 33.1. The molecule has 0 bridgehead atoms. The topological polar surface area (TPSA) is 277 Å². The van der Waals surface area contributed by atoms with Crippen molar-refractivity contribution >= 4 is 59.1 Å². The van der Waals surface area contributed by atoms with E-state index in [0.717, 1.165) is 68.1 Å². The Morgan fingerprint density at radius 2 is 1.47 bits per heavy atom. The first kappa shape index (κ1) is 70.6. The number of hydrogen-bond acceptors (Lipinski definition) is 13. The van der Waals surface area contributed by atoms with Gasteiger partial charge in [-0.3, -0.25) is 48.1 Å². The smallest absolute Gasteiger partial charge is 0.243 e. The summed E-state index contributed by atoms with van der Waals surface area (Å²) >= 11 is 0. The first-order chi connectivity index (χ1) is 43.1. The molecule has 5 aliphatic rings. The van der Waals surface area contributed by atoms with Gasteiger partial charge in [-0.05, 0) is 138 Å². The zero-order valence-corrected chi connectivity index (χ0v) is 54.0. The van der Waals surface area contributed by atoms with E-state index in [1.165, 1.54) is 4.90 Å². The van der Waals surface area contributed by atoms with Gasteiger partial charge in [0.05, 0.1) is 43.5 Å². The summed E-state index contributed by atoms with van der Waals surface area (Å²) in [7, 11) is 0. The predicted octanol–water partition coefficient (Wildman–Crippen LogP) is 6.30. The third-order valence-electron chi connectivity index (χ3n) is 18.1. The monoisotopic (exact) mass is 1240 g/mol. The highest BCUT2D eigenvalue weighted by molar-refractivity contribution is 6.03. The molecule has 5 atom stereocenters. The number of nitrogens with zero attached hydrogens (tertiary/aromatic N) is 2. The van der Waals surface area contributed by atoms with Gasteiger partial charge in [-0.1, -0.05) is 112 Å². The van der Waals surface area contributed by atoms with E-state index < -0.39 is 34.5 Å². The SMILES string of the molecule is CC1CC(=O)N(CC2CCC(C(=O)NCCCCNC3(C(=O)CCCNC(=O)[C@H](CCCCN)NC(=O)C(Cc4ccccc4)NC(=O)CC(C)(C)COCCOC(C)(C)CCC(=O)NCC(=O)N4Cc5ccccc5/C=C\C5C=CC=CC54)CC3)CC2)C1=O. The number of rotatable bonds is 37. The summed E-state index contributed by atoms with van der Waals surface area (Å²) in [6.45, 7) is 12.7. The quantitative estimate of drug-likeness (QED) is 0.0289. The number of nitrogens with one attached hydrogen (secondary N) is 6. The molecular formula is C70H101N9O11. The molecule has 2 aromatic rings. The number of benzene rings is 2. The summed E-state index contributed by atoms with van der Waals surface area (Å²) in [4.78, 5) is 123. The third kappa shape index (κ3) is 22.2. The Bertz CT molecular complexity index is 2860. The number of Topliss-reactive ketones (excluding diaryl/α,β-unsaturated/α-hetero) is 1. The van der Waals surface area contributed by atoms with Crippen LogP contribution in [0.5, 0.6) is 0 Å². The number of nitrogens with two attached hydrogens (primary N) is 1. The molecule has 7 rings (SSSR count). The van der Waals surface area contributed by atoms with Crippen molar-refractivity contribution in [3.63, 3.8) is 0 Å². The molecule has 2 aromatic carbocycles. The number of carbonyl (C=O) groups excluding carboxylic acids is 9. The molecule has 0 spiro atoms. The number of hydrogen-bond donors (Lipinski definition) is 7. The van der Waals surface area contributed by atoms with Crippen LogP contribution in [0.3, 0.4) is 0 Å². The highest BCUT2D eigenvalue weighted by atomic mass is 16.5. The normalized spacial score (nSPS) is 21.2. The Labute approximate surface area is 532 Å². The Morgan fingerprint density at radius 3 is 2.20 bits per heavy atom. The van der Waals surface area contributed by atoms with Crippen LogP contribution in [0.15, 0.2) is 85.0 Å². The Kier molecular flexibility index (Phi) is 27.1. The molecule has 2 aliphatic heterocycles. The van der Waals surface area contributed by atoms with Crippen molar-refractivity contribution in [2.75, 3.05) is 59.1 Å². The number of carbonyl (C=O) groups is 9. The molecule has 20 heteroatoms. The maximum atomic E-state index is 14.2. The number of amides is 8. The summed E-state index contributed by atoms with van der Waals surface area (Å²) in [5.74, 6) is -1.71. The third-order valence-corrected chi connectivity index (χ3v) is 18.1. The van der Waals surface area contributed by atoms with E-state index in [1.807, 2.05) is 105 Å². The van der Waals surface area contributed by atoms with E-state index in [2.05, 4.69) is 50.1 Å². The van der Waals surface area contributed by atoms with Crippen molar-refractivity contribution in [2.24, 2.45) is 34.8 Å². The van der Waals surface area contributed by atoms with Gasteiger partial charge in [-0.25, -0.2) is 0 Å². The van der Waals surface area contributed by atoms with Crippen molar-refractivity contribution in [1.82, 2.24) is 41.7 Å². The van der Waals surface area contributed by atoms with Crippen molar-refractivity contribution < 1.29 is 52.6 Å². The minimum Gasteiger partial charge on any atom is -0.378 e. The molecule has 90 heavy (non-hydrogen) atoms. The van der Waals surface area contributed by atoms with Gasteiger partial charge >= 0.3 is 0 Å². The van der Waals surface area contributed by atoms with Crippen molar-refractivity contribution in [1.29, 1.82) is 0 Å². The fourth-order valence-electron chi connectivity index (χ4n) is 12.4. The largest absolute Gasteiger partial charge is 0.378 e. The van der Waals surface area contributed by atoms with Crippen LogP contribution < -0.4 is 37.6 Å².